The molecule has 10 heteroatoms. The van der Waals surface area contributed by atoms with Gasteiger partial charge in [0.15, 0.2) is 0 Å². The Morgan fingerprint density at radius 2 is 1.81 bits per heavy atom. The second-order valence-corrected chi connectivity index (χ2v) is 8.18. The van der Waals surface area contributed by atoms with E-state index >= 15 is 0 Å². The zero-order valence-electron chi connectivity index (χ0n) is 19.1. The molecule has 3 rings (SSSR count). The fourth-order valence-corrected chi connectivity index (χ4v) is 3.53. The number of benzene rings is 3. The van der Waals surface area contributed by atoms with Crippen molar-refractivity contribution in [1.82, 2.24) is 0 Å². The zero-order chi connectivity index (χ0) is 26.1. The van der Waals surface area contributed by atoms with Crippen LogP contribution >= 0.6 is 15.9 Å². The van der Waals surface area contributed by atoms with Crippen molar-refractivity contribution in [2.45, 2.75) is 13.5 Å². The molecule has 182 valence electrons. The number of nitrogens with zero attached hydrogens (tertiary/aromatic N) is 2. The van der Waals surface area contributed by atoms with Crippen molar-refractivity contribution in [1.29, 1.82) is 5.26 Å². The van der Waals surface area contributed by atoms with E-state index in [1.807, 2.05) is 6.07 Å². The van der Waals surface area contributed by atoms with Crippen LogP contribution < -0.4 is 10.1 Å². The highest BCUT2D eigenvalue weighted by Crippen LogP contribution is 2.28. The first-order chi connectivity index (χ1) is 17.3. The summed E-state index contributed by atoms with van der Waals surface area (Å²) in [6, 6.07) is 19.2. The van der Waals surface area contributed by atoms with Gasteiger partial charge in [-0.15, -0.1) is 0 Å². The van der Waals surface area contributed by atoms with E-state index in [2.05, 4.69) is 21.2 Å². The van der Waals surface area contributed by atoms with E-state index in [-0.39, 0.29) is 24.5 Å². The van der Waals surface area contributed by atoms with Gasteiger partial charge in [0, 0.05) is 17.8 Å². The number of nitriles is 1. The van der Waals surface area contributed by atoms with Crippen LogP contribution in [0, 0.1) is 21.4 Å². The van der Waals surface area contributed by atoms with Crippen LogP contribution in [0.5, 0.6) is 5.75 Å². The van der Waals surface area contributed by atoms with Crippen LogP contribution in [-0.4, -0.2) is 23.4 Å². The summed E-state index contributed by atoms with van der Waals surface area (Å²) in [5, 5.41) is 22.9. The second-order valence-electron chi connectivity index (χ2n) is 7.32. The molecule has 0 radical (unpaired) electrons. The van der Waals surface area contributed by atoms with Gasteiger partial charge in [0.25, 0.3) is 11.6 Å². The molecule has 0 unspecified atom stereocenters. The standard InChI is InChI=1S/C26H20BrN3O6/c1-2-35-26(32)19-6-8-21(9-7-19)29-25(31)20(15-28)13-18-5-12-24(23(27)14-18)36-16-17-3-10-22(11-4-17)30(33)34/h3-14H,2,16H2,1H3,(H,29,31)/b20-13+. The first kappa shape index (κ1) is 26.1. The third-order valence-corrected chi connectivity index (χ3v) is 5.45. The van der Waals surface area contributed by atoms with E-state index in [0.717, 1.165) is 5.56 Å². The molecule has 0 atom stereocenters. The van der Waals surface area contributed by atoms with E-state index in [1.165, 1.54) is 30.3 Å². The third kappa shape index (κ3) is 7.01. The molecule has 3 aromatic carbocycles. The fourth-order valence-electron chi connectivity index (χ4n) is 3.02. The maximum atomic E-state index is 12.6. The van der Waals surface area contributed by atoms with E-state index in [9.17, 15) is 25.0 Å². The summed E-state index contributed by atoms with van der Waals surface area (Å²) in [4.78, 5) is 34.6. The summed E-state index contributed by atoms with van der Waals surface area (Å²) in [5.74, 6) is -0.537. The summed E-state index contributed by atoms with van der Waals surface area (Å²) < 4.78 is 11.3. The molecule has 1 amide bonds. The number of carbonyl (C=O) groups excluding carboxylic acids is 2. The summed E-state index contributed by atoms with van der Waals surface area (Å²) in [5.41, 5.74) is 2.01. The lowest BCUT2D eigenvalue weighted by atomic mass is 10.1. The highest BCUT2D eigenvalue weighted by molar-refractivity contribution is 9.10. The lowest BCUT2D eigenvalue weighted by Gasteiger charge is -2.09. The topological polar surface area (TPSA) is 132 Å². The minimum Gasteiger partial charge on any atom is -0.488 e. The Morgan fingerprint density at radius 3 is 2.39 bits per heavy atom. The van der Waals surface area contributed by atoms with Crippen molar-refractivity contribution in [2.24, 2.45) is 0 Å². The smallest absolute Gasteiger partial charge is 0.338 e. The summed E-state index contributed by atoms with van der Waals surface area (Å²) >= 11 is 3.42. The van der Waals surface area contributed by atoms with Gasteiger partial charge in [0.2, 0.25) is 0 Å². The number of amides is 1. The van der Waals surface area contributed by atoms with Crippen molar-refractivity contribution >= 4 is 45.3 Å². The molecular weight excluding hydrogens is 530 g/mol. The Morgan fingerprint density at radius 1 is 1.11 bits per heavy atom. The molecule has 1 N–H and O–H groups in total. The van der Waals surface area contributed by atoms with E-state index in [0.29, 0.717) is 27.0 Å². The molecule has 9 nitrogen and oxygen atoms in total. The molecule has 0 aliphatic rings. The van der Waals surface area contributed by atoms with E-state index in [4.69, 9.17) is 9.47 Å². The molecule has 0 aliphatic heterocycles. The van der Waals surface area contributed by atoms with Crippen LogP contribution in [0.15, 0.2) is 76.8 Å². The van der Waals surface area contributed by atoms with Gasteiger partial charge in [-0.05, 0) is 88.6 Å². The van der Waals surface area contributed by atoms with Crippen LogP contribution in [0.2, 0.25) is 0 Å². The molecule has 3 aromatic rings. The van der Waals surface area contributed by atoms with Gasteiger partial charge in [0.05, 0.1) is 21.6 Å². The molecule has 36 heavy (non-hydrogen) atoms. The average molecular weight is 550 g/mol. The quantitative estimate of drug-likeness (QED) is 0.120. The molecule has 0 aromatic heterocycles. The number of nitro benzene ring substituents is 1. The zero-order valence-corrected chi connectivity index (χ0v) is 20.7. The molecule has 0 spiro atoms. The van der Waals surface area contributed by atoms with Gasteiger partial charge in [0.1, 0.15) is 24.0 Å². The number of hydrogen-bond donors (Lipinski definition) is 1. The van der Waals surface area contributed by atoms with Gasteiger partial charge in [-0.2, -0.15) is 5.26 Å². The molecule has 0 bridgehead atoms. The average Bonchev–Trinajstić information content (AvgIpc) is 2.87. The van der Waals surface area contributed by atoms with Gasteiger partial charge >= 0.3 is 5.97 Å². The SMILES string of the molecule is CCOC(=O)c1ccc(NC(=O)/C(C#N)=C/c2ccc(OCc3ccc([N+](=O)[O-])cc3)c(Br)c2)cc1. The Kier molecular flexibility index (Phi) is 8.91. The molecule has 0 fully saturated rings. The number of halogens is 1. The maximum absolute atomic E-state index is 12.6. The van der Waals surface area contributed by atoms with Crippen LogP contribution in [0.25, 0.3) is 6.08 Å². The van der Waals surface area contributed by atoms with Gasteiger partial charge in [-0.1, -0.05) is 6.07 Å². The maximum Gasteiger partial charge on any atom is 0.338 e. The lowest BCUT2D eigenvalue weighted by Crippen LogP contribution is -2.13. The number of anilines is 1. The van der Waals surface area contributed by atoms with E-state index in [1.54, 1.807) is 49.4 Å². The molecule has 0 saturated heterocycles. The van der Waals surface area contributed by atoms with Crippen LogP contribution in [0.3, 0.4) is 0 Å². The lowest BCUT2D eigenvalue weighted by molar-refractivity contribution is -0.384. The Balaban J connectivity index is 1.65. The predicted molar refractivity (Wildman–Crippen MR) is 136 cm³/mol. The fraction of sp³-hybridized carbons (Fsp3) is 0.115. The Labute approximate surface area is 215 Å². The Hall–Kier alpha value is -4.49. The predicted octanol–water partition coefficient (Wildman–Crippen LogP) is 5.66. The number of rotatable bonds is 9. The minimum atomic E-state index is -0.601. The second kappa shape index (κ2) is 12.3. The molecule has 0 heterocycles. The van der Waals surface area contributed by atoms with Gasteiger partial charge in [-0.3, -0.25) is 14.9 Å². The van der Waals surface area contributed by atoms with Crippen LogP contribution in [-0.2, 0) is 16.1 Å². The highest BCUT2D eigenvalue weighted by Gasteiger charge is 2.12. The van der Waals surface area contributed by atoms with Crippen LogP contribution in [0.4, 0.5) is 11.4 Å². The highest BCUT2D eigenvalue weighted by atomic mass is 79.9. The first-order valence-corrected chi connectivity index (χ1v) is 11.5. The number of nitrogens with one attached hydrogen (secondary N) is 1. The van der Waals surface area contributed by atoms with Crippen molar-refractivity contribution in [2.75, 3.05) is 11.9 Å². The number of carbonyl (C=O) groups is 2. The summed E-state index contributed by atoms with van der Waals surface area (Å²) in [7, 11) is 0. The summed E-state index contributed by atoms with van der Waals surface area (Å²) in [6.45, 7) is 2.17. The minimum absolute atomic E-state index is 0.00194. The van der Waals surface area contributed by atoms with Crippen molar-refractivity contribution in [3.8, 4) is 11.8 Å². The van der Waals surface area contributed by atoms with Crippen LogP contribution in [0.1, 0.15) is 28.4 Å². The Bertz CT molecular complexity index is 1350. The normalized spacial score (nSPS) is 10.8. The van der Waals surface area contributed by atoms with Gasteiger partial charge < -0.3 is 14.8 Å². The molecule has 0 aliphatic carbocycles. The number of non-ortho nitro benzene ring substituents is 1. The third-order valence-electron chi connectivity index (χ3n) is 4.83. The van der Waals surface area contributed by atoms with Gasteiger partial charge in [-0.25, -0.2) is 4.79 Å². The molecule has 0 saturated carbocycles. The first-order valence-electron chi connectivity index (χ1n) is 10.7. The number of hydrogen-bond acceptors (Lipinski definition) is 7. The van der Waals surface area contributed by atoms with Crippen molar-refractivity contribution < 1.29 is 24.0 Å². The van der Waals surface area contributed by atoms with E-state index < -0.39 is 16.8 Å². The van der Waals surface area contributed by atoms with Crippen molar-refractivity contribution in [3.63, 3.8) is 0 Å². The number of nitro groups is 1. The van der Waals surface area contributed by atoms with Crippen molar-refractivity contribution in [3.05, 3.63) is 104 Å². The number of ether oxygens (including phenoxy) is 2. The molecular formula is C26H20BrN3O6. The number of esters is 1. The monoisotopic (exact) mass is 549 g/mol. The largest absolute Gasteiger partial charge is 0.488 e. The summed E-state index contributed by atoms with van der Waals surface area (Å²) in [6.07, 6.45) is 1.44.